The fraction of sp³-hybridized carbons (Fsp3) is 0.583. The summed E-state index contributed by atoms with van der Waals surface area (Å²) in [6.45, 7) is 0.751. The minimum Gasteiger partial charge on any atom is -0.480 e. The lowest BCUT2D eigenvalue weighted by atomic mass is 10.1. The number of aliphatic carboxylic acids is 1. The van der Waals surface area contributed by atoms with E-state index in [1.807, 2.05) is 11.0 Å². The molecule has 1 aliphatic heterocycles. The van der Waals surface area contributed by atoms with Gasteiger partial charge >= 0.3 is 12.1 Å². The van der Waals surface area contributed by atoms with E-state index in [0.29, 0.717) is 23.4 Å². The lowest BCUT2D eigenvalue weighted by Crippen LogP contribution is -2.37. The molecule has 0 spiro atoms. The van der Waals surface area contributed by atoms with Crippen LogP contribution in [0.1, 0.15) is 36.9 Å². The summed E-state index contributed by atoms with van der Waals surface area (Å²) in [5.41, 5.74) is 2.23. The summed E-state index contributed by atoms with van der Waals surface area (Å²) in [5, 5.41) is 15.9. The van der Waals surface area contributed by atoms with Crippen molar-refractivity contribution in [3.8, 4) is 0 Å². The molecule has 0 aromatic carbocycles. The second kappa shape index (κ2) is 14.4. The zero-order chi connectivity index (χ0) is 26.7. The Hall–Kier alpha value is -2.51. The third kappa shape index (κ3) is 10.4. The zero-order valence-corrected chi connectivity index (χ0v) is 22.0. The quantitative estimate of drug-likeness (QED) is 0.264. The molecule has 0 aliphatic carbocycles. The number of carbonyl (C=O) groups is 1. The number of hydrogen-bond acceptors (Lipinski definition) is 8. The van der Waals surface area contributed by atoms with Crippen LogP contribution in [-0.4, -0.2) is 82.5 Å². The highest BCUT2D eigenvalue weighted by atomic mass is 79.9. The summed E-state index contributed by atoms with van der Waals surface area (Å²) in [6.07, 6.45) is 3.21. The SMILES string of the molecule is O=C(O)[C@H](CCN(CCCCc1ccc2c(n1)NCCC2)CCOCC(F)(F)F)Nc1ncncc1Br. The number of nitrogens with one attached hydrogen (secondary N) is 2. The summed E-state index contributed by atoms with van der Waals surface area (Å²) in [7, 11) is 0. The van der Waals surface area contributed by atoms with Gasteiger partial charge in [0.1, 0.15) is 30.6 Å². The molecule has 2 aromatic heterocycles. The maximum absolute atomic E-state index is 12.4. The van der Waals surface area contributed by atoms with Gasteiger partial charge in [0.15, 0.2) is 0 Å². The van der Waals surface area contributed by atoms with Crippen molar-refractivity contribution in [1.82, 2.24) is 19.9 Å². The molecule has 0 bridgehead atoms. The average molecular weight is 589 g/mol. The Morgan fingerprint density at radius 3 is 2.86 bits per heavy atom. The first-order valence-electron chi connectivity index (χ1n) is 12.3. The van der Waals surface area contributed by atoms with Crippen molar-refractivity contribution in [2.24, 2.45) is 0 Å². The first-order chi connectivity index (χ1) is 17.7. The number of anilines is 2. The van der Waals surface area contributed by atoms with Gasteiger partial charge in [0.2, 0.25) is 0 Å². The molecule has 0 radical (unpaired) electrons. The van der Waals surface area contributed by atoms with E-state index in [1.54, 1.807) is 0 Å². The number of aryl methyl sites for hydroxylation is 2. The number of pyridine rings is 1. The number of unbranched alkanes of at least 4 members (excludes halogenated alkanes) is 1. The average Bonchev–Trinajstić information content (AvgIpc) is 2.86. The van der Waals surface area contributed by atoms with E-state index < -0.39 is 24.8 Å². The van der Waals surface area contributed by atoms with Crippen LogP contribution in [0.2, 0.25) is 0 Å². The van der Waals surface area contributed by atoms with E-state index in [1.165, 1.54) is 18.1 Å². The van der Waals surface area contributed by atoms with Crippen molar-refractivity contribution in [1.29, 1.82) is 0 Å². The third-order valence-electron chi connectivity index (χ3n) is 5.94. The van der Waals surface area contributed by atoms with Crippen molar-refractivity contribution in [3.05, 3.63) is 40.4 Å². The summed E-state index contributed by atoms with van der Waals surface area (Å²) in [4.78, 5) is 26.4. The van der Waals surface area contributed by atoms with Crippen molar-refractivity contribution < 1.29 is 27.8 Å². The van der Waals surface area contributed by atoms with Gasteiger partial charge in [-0.3, -0.25) is 0 Å². The fourth-order valence-electron chi connectivity index (χ4n) is 4.02. The number of halogens is 4. The predicted octanol–water partition coefficient (Wildman–Crippen LogP) is 4.15. The van der Waals surface area contributed by atoms with E-state index in [0.717, 1.165) is 50.2 Å². The first-order valence-corrected chi connectivity index (χ1v) is 13.0. The molecule has 0 fully saturated rings. The van der Waals surface area contributed by atoms with Crippen molar-refractivity contribution in [2.45, 2.75) is 50.7 Å². The van der Waals surface area contributed by atoms with Crippen molar-refractivity contribution in [2.75, 3.05) is 50.0 Å². The molecule has 204 valence electrons. The highest BCUT2D eigenvalue weighted by molar-refractivity contribution is 9.10. The molecule has 0 amide bonds. The van der Waals surface area contributed by atoms with Crippen LogP contribution < -0.4 is 10.6 Å². The molecule has 0 saturated heterocycles. The lowest BCUT2D eigenvalue weighted by molar-refractivity contribution is -0.174. The number of alkyl halides is 3. The first kappa shape index (κ1) is 29.1. The maximum atomic E-state index is 12.4. The van der Waals surface area contributed by atoms with E-state index >= 15 is 0 Å². The van der Waals surface area contributed by atoms with Crippen LogP contribution in [0.4, 0.5) is 24.8 Å². The van der Waals surface area contributed by atoms with E-state index in [-0.39, 0.29) is 19.6 Å². The standard InChI is InChI=1S/C24H32BrF3N6O3/c25-19-14-29-16-31-22(19)33-20(23(35)36)8-11-34(12-13-37-15-24(26,27)28)10-2-1-5-18-7-6-17-4-3-9-30-21(17)32-18/h6-7,14,16,20H,1-5,8-13,15H2,(H,30,32)(H,35,36)(H,29,31,33)/t20-/m0/s1. The molecule has 2 aromatic rings. The van der Waals surface area contributed by atoms with Gasteiger partial charge in [-0.2, -0.15) is 13.2 Å². The molecule has 1 atom stereocenters. The minimum absolute atomic E-state index is 0.0970. The molecule has 3 heterocycles. The van der Waals surface area contributed by atoms with Gasteiger partial charge in [0, 0.05) is 31.5 Å². The number of nitrogens with zero attached hydrogens (tertiary/aromatic N) is 4. The minimum atomic E-state index is -4.38. The van der Waals surface area contributed by atoms with Crippen molar-refractivity contribution >= 4 is 33.5 Å². The number of aromatic nitrogens is 3. The fourth-order valence-corrected chi connectivity index (χ4v) is 4.35. The second-order valence-electron chi connectivity index (χ2n) is 8.85. The number of carboxylic acid groups (broad SMARTS) is 1. The highest BCUT2D eigenvalue weighted by Crippen LogP contribution is 2.21. The monoisotopic (exact) mass is 588 g/mol. The molecule has 0 unspecified atom stereocenters. The van der Waals surface area contributed by atoms with E-state index in [9.17, 15) is 23.1 Å². The predicted molar refractivity (Wildman–Crippen MR) is 137 cm³/mol. The molecular formula is C24H32BrF3N6O3. The molecular weight excluding hydrogens is 557 g/mol. The van der Waals surface area contributed by atoms with E-state index in [4.69, 9.17) is 9.72 Å². The molecule has 0 saturated carbocycles. The Morgan fingerprint density at radius 1 is 1.27 bits per heavy atom. The van der Waals surface area contributed by atoms with Gasteiger partial charge in [0.05, 0.1) is 11.1 Å². The van der Waals surface area contributed by atoms with Gasteiger partial charge in [-0.15, -0.1) is 0 Å². The van der Waals surface area contributed by atoms with Crippen LogP contribution >= 0.6 is 15.9 Å². The summed E-state index contributed by atoms with van der Waals surface area (Å²) >= 11 is 3.29. The van der Waals surface area contributed by atoms with Crippen molar-refractivity contribution in [3.63, 3.8) is 0 Å². The van der Waals surface area contributed by atoms with Crippen LogP contribution in [-0.2, 0) is 22.4 Å². The van der Waals surface area contributed by atoms with Gasteiger partial charge in [-0.05, 0) is 72.6 Å². The molecule has 3 rings (SSSR count). The zero-order valence-electron chi connectivity index (χ0n) is 20.4. The van der Waals surface area contributed by atoms with Crippen LogP contribution in [0.25, 0.3) is 0 Å². The Labute approximate surface area is 222 Å². The number of carboxylic acids is 1. The lowest BCUT2D eigenvalue weighted by Gasteiger charge is -2.25. The molecule has 3 N–H and O–H groups in total. The van der Waals surface area contributed by atoms with Crippen LogP contribution in [0.15, 0.2) is 29.1 Å². The smallest absolute Gasteiger partial charge is 0.411 e. The topological polar surface area (TPSA) is 112 Å². The summed E-state index contributed by atoms with van der Waals surface area (Å²) in [5.74, 6) is 0.259. The number of rotatable bonds is 15. The number of ether oxygens (including phenoxy) is 1. The molecule has 1 aliphatic rings. The Balaban J connectivity index is 1.51. The molecule has 37 heavy (non-hydrogen) atoms. The summed E-state index contributed by atoms with van der Waals surface area (Å²) < 4.78 is 42.6. The van der Waals surface area contributed by atoms with Crippen LogP contribution in [0.3, 0.4) is 0 Å². The van der Waals surface area contributed by atoms with Crippen LogP contribution in [0.5, 0.6) is 0 Å². The number of fused-ring (bicyclic) bond motifs is 1. The Kier molecular flexibility index (Phi) is 11.3. The molecule has 13 heteroatoms. The van der Waals surface area contributed by atoms with Crippen LogP contribution in [0, 0.1) is 0 Å². The Bertz CT molecular complexity index is 1010. The maximum Gasteiger partial charge on any atom is 0.411 e. The van der Waals surface area contributed by atoms with Gasteiger partial charge in [0.25, 0.3) is 0 Å². The Morgan fingerprint density at radius 2 is 2.11 bits per heavy atom. The van der Waals surface area contributed by atoms with Gasteiger partial charge < -0.3 is 25.4 Å². The normalized spacial score (nSPS) is 14.2. The van der Waals surface area contributed by atoms with Gasteiger partial charge in [-0.1, -0.05) is 6.07 Å². The number of hydrogen-bond donors (Lipinski definition) is 3. The molecule has 9 nitrogen and oxygen atoms in total. The second-order valence-corrected chi connectivity index (χ2v) is 9.70. The highest BCUT2D eigenvalue weighted by Gasteiger charge is 2.27. The summed E-state index contributed by atoms with van der Waals surface area (Å²) in [6, 6.07) is 3.23. The third-order valence-corrected chi connectivity index (χ3v) is 6.52. The van der Waals surface area contributed by atoms with Gasteiger partial charge in [-0.25, -0.2) is 19.7 Å². The van der Waals surface area contributed by atoms with E-state index in [2.05, 4.69) is 42.6 Å². The largest absolute Gasteiger partial charge is 0.480 e.